The molecule has 0 saturated carbocycles. The maximum atomic E-state index is 11.3. The molecule has 20 heavy (non-hydrogen) atoms. The summed E-state index contributed by atoms with van der Waals surface area (Å²) in [6.07, 6.45) is 0.169. The minimum absolute atomic E-state index is 0.106. The fourth-order valence-corrected chi connectivity index (χ4v) is 2.08. The van der Waals surface area contributed by atoms with Crippen LogP contribution in [0, 0.1) is 0 Å². The Bertz CT molecular complexity index is 647. The standard InChI is InChI=1S/C14H11ClO5/c15-9-3-1-2-8(6-9)7-10(13(16)17)11-4-5-12(20-11)14(18)19/h1-6,10H,7H2,(H,16,17)(H,18,19). The third-order valence-corrected chi connectivity index (χ3v) is 3.04. The van der Waals surface area contributed by atoms with Crippen molar-refractivity contribution in [2.45, 2.75) is 12.3 Å². The van der Waals surface area contributed by atoms with Crippen LogP contribution < -0.4 is 0 Å². The Morgan fingerprint density at radius 3 is 2.50 bits per heavy atom. The second-order valence-electron chi connectivity index (χ2n) is 4.23. The lowest BCUT2D eigenvalue weighted by Gasteiger charge is -2.10. The minimum atomic E-state index is -1.23. The van der Waals surface area contributed by atoms with Gasteiger partial charge in [-0.2, -0.15) is 0 Å². The molecule has 1 unspecified atom stereocenters. The zero-order valence-electron chi connectivity index (χ0n) is 10.2. The zero-order chi connectivity index (χ0) is 14.7. The summed E-state index contributed by atoms with van der Waals surface area (Å²) < 4.78 is 5.06. The molecule has 2 rings (SSSR count). The molecule has 1 aromatic carbocycles. The number of carboxylic acid groups (broad SMARTS) is 2. The van der Waals surface area contributed by atoms with Crippen molar-refractivity contribution in [2.24, 2.45) is 0 Å². The molecule has 0 aliphatic rings. The summed E-state index contributed by atoms with van der Waals surface area (Å²) in [6.45, 7) is 0. The molecule has 5 nitrogen and oxygen atoms in total. The average molecular weight is 295 g/mol. The Balaban J connectivity index is 2.27. The van der Waals surface area contributed by atoms with Crippen molar-refractivity contribution in [1.29, 1.82) is 0 Å². The van der Waals surface area contributed by atoms with Crippen LogP contribution >= 0.6 is 11.6 Å². The molecule has 0 amide bonds. The van der Waals surface area contributed by atoms with E-state index in [1.54, 1.807) is 24.3 Å². The summed E-state index contributed by atoms with van der Waals surface area (Å²) in [5.74, 6) is -3.45. The van der Waals surface area contributed by atoms with Crippen LogP contribution in [0.1, 0.15) is 27.8 Å². The van der Waals surface area contributed by atoms with Crippen LogP contribution in [0.25, 0.3) is 0 Å². The second-order valence-corrected chi connectivity index (χ2v) is 4.67. The first-order valence-corrected chi connectivity index (χ1v) is 6.15. The zero-order valence-corrected chi connectivity index (χ0v) is 11.0. The fraction of sp³-hybridized carbons (Fsp3) is 0.143. The summed E-state index contributed by atoms with van der Waals surface area (Å²) >= 11 is 5.85. The number of aromatic carboxylic acids is 1. The van der Waals surface area contributed by atoms with Crippen molar-refractivity contribution in [2.75, 3.05) is 0 Å². The van der Waals surface area contributed by atoms with E-state index >= 15 is 0 Å². The first-order valence-electron chi connectivity index (χ1n) is 5.77. The van der Waals surface area contributed by atoms with Crippen molar-refractivity contribution in [3.63, 3.8) is 0 Å². The van der Waals surface area contributed by atoms with Gasteiger partial charge in [0.05, 0.1) is 0 Å². The van der Waals surface area contributed by atoms with Gasteiger partial charge in [-0.25, -0.2) is 4.79 Å². The Labute approximate surface area is 119 Å². The van der Waals surface area contributed by atoms with Crippen molar-refractivity contribution in [3.05, 3.63) is 58.5 Å². The summed E-state index contributed by atoms with van der Waals surface area (Å²) in [4.78, 5) is 22.1. The normalized spacial score (nSPS) is 12.1. The highest BCUT2D eigenvalue weighted by Crippen LogP contribution is 2.24. The Kier molecular flexibility index (Phi) is 4.10. The van der Waals surface area contributed by atoms with Crippen molar-refractivity contribution in [3.8, 4) is 0 Å². The fourth-order valence-electron chi connectivity index (χ4n) is 1.86. The number of hydrogen-bond acceptors (Lipinski definition) is 3. The third-order valence-electron chi connectivity index (χ3n) is 2.81. The molecule has 1 atom stereocenters. The van der Waals surface area contributed by atoms with E-state index in [0.717, 1.165) is 5.56 Å². The molecule has 0 saturated heterocycles. The molecule has 0 radical (unpaired) electrons. The van der Waals surface area contributed by atoms with Crippen LogP contribution in [0.3, 0.4) is 0 Å². The number of carbonyl (C=O) groups is 2. The highest BCUT2D eigenvalue weighted by Gasteiger charge is 2.25. The van der Waals surface area contributed by atoms with Crippen molar-refractivity contribution in [1.82, 2.24) is 0 Å². The molecule has 0 spiro atoms. The average Bonchev–Trinajstić information content (AvgIpc) is 2.85. The third kappa shape index (κ3) is 3.19. The number of hydrogen-bond donors (Lipinski definition) is 2. The van der Waals surface area contributed by atoms with Crippen LogP contribution in [0.15, 0.2) is 40.8 Å². The number of carboxylic acids is 2. The Morgan fingerprint density at radius 1 is 1.20 bits per heavy atom. The van der Waals surface area contributed by atoms with Gasteiger partial charge in [0.25, 0.3) is 0 Å². The Hall–Kier alpha value is -2.27. The maximum absolute atomic E-state index is 11.3. The quantitative estimate of drug-likeness (QED) is 0.885. The van der Waals surface area contributed by atoms with Crippen LogP contribution in [0.2, 0.25) is 5.02 Å². The predicted octanol–water partition coefficient (Wildman–Crippen LogP) is 3.04. The summed E-state index contributed by atoms with van der Waals surface area (Å²) in [5.41, 5.74) is 0.734. The summed E-state index contributed by atoms with van der Waals surface area (Å²) in [5, 5.41) is 18.6. The lowest BCUT2D eigenvalue weighted by Crippen LogP contribution is -2.13. The number of aliphatic carboxylic acids is 1. The molecule has 6 heteroatoms. The molecular weight excluding hydrogens is 284 g/mol. The van der Waals surface area contributed by atoms with Gasteiger partial charge >= 0.3 is 11.9 Å². The van der Waals surface area contributed by atoms with Gasteiger partial charge in [0.15, 0.2) is 0 Å². The van der Waals surface area contributed by atoms with Gasteiger partial charge in [-0.1, -0.05) is 23.7 Å². The number of halogens is 1. The lowest BCUT2D eigenvalue weighted by molar-refractivity contribution is -0.139. The molecule has 1 aromatic heterocycles. The minimum Gasteiger partial charge on any atom is -0.481 e. The SMILES string of the molecule is O=C(O)c1ccc(C(Cc2cccc(Cl)c2)C(=O)O)o1. The van der Waals surface area contributed by atoms with Gasteiger partial charge in [-0.15, -0.1) is 0 Å². The highest BCUT2D eigenvalue weighted by atomic mass is 35.5. The van der Waals surface area contributed by atoms with Gasteiger partial charge in [-0.3, -0.25) is 4.79 Å². The number of furan rings is 1. The van der Waals surface area contributed by atoms with Crippen LogP contribution in [0.5, 0.6) is 0 Å². The van der Waals surface area contributed by atoms with E-state index in [1.165, 1.54) is 12.1 Å². The van der Waals surface area contributed by atoms with Gasteiger partial charge in [0, 0.05) is 5.02 Å². The van der Waals surface area contributed by atoms with E-state index in [9.17, 15) is 14.7 Å². The van der Waals surface area contributed by atoms with Crippen LogP contribution in [0.4, 0.5) is 0 Å². The van der Waals surface area contributed by atoms with E-state index in [0.29, 0.717) is 5.02 Å². The number of benzene rings is 1. The highest BCUT2D eigenvalue weighted by molar-refractivity contribution is 6.30. The summed E-state index contributed by atoms with van der Waals surface area (Å²) in [7, 11) is 0. The van der Waals surface area contributed by atoms with Gasteiger partial charge < -0.3 is 14.6 Å². The maximum Gasteiger partial charge on any atom is 0.371 e. The predicted molar refractivity (Wildman–Crippen MR) is 71.2 cm³/mol. The van der Waals surface area contributed by atoms with E-state index in [4.69, 9.17) is 21.1 Å². The smallest absolute Gasteiger partial charge is 0.371 e. The van der Waals surface area contributed by atoms with E-state index in [2.05, 4.69) is 0 Å². The first kappa shape index (κ1) is 14.1. The van der Waals surface area contributed by atoms with Crippen molar-refractivity contribution >= 4 is 23.5 Å². The molecule has 1 heterocycles. The van der Waals surface area contributed by atoms with E-state index in [1.807, 2.05) is 0 Å². The van der Waals surface area contributed by atoms with Gasteiger partial charge in [0.1, 0.15) is 11.7 Å². The largest absolute Gasteiger partial charge is 0.481 e. The van der Waals surface area contributed by atoms with Gasteiger partial charge in [0.2, 0.25) is 5.76 Å². The molecule has 2 aromatic rings. The van der Waals surface area contributed by atoms with Crippen LogP contribution in [-0.2, 0) is 11.2 Å². The molecule has 104 valence electrons. The lowest BCUT2D eigenvalue weighted by atomic mass is 9.97. The molecule has 0 aliphatic heterocycles. The molecular formula is C14H11ClO5. The molecule has 2 N–H and O–H groups in total. The van der Waals surface area contributed by atoms with E-state index in [-0.39, 0.29) is 17.9 Å². The second kappa shape index (κ2) is 5.79. The van der Waals surface area contributed by atoms with E-state index < -0.39 is 17.9 Å². The van der Waals surface area contributed by atoms with Gasteiger partial charge in [-0.05, 0) is 36.2 Å². The summed E-state index contributed by atoms with van der Waals surface area (Å²) in [6, 6.07) is 9.44. The number of rotatable bonds is 5. The first-order chi connectivity index (χ1) is 9.47. The monoisotopic (exact) mass is 294 g/mol. The topological polar surface area (TPSA) is 87.7 Å². The Morgan fingerprint density at radius 2 is 1.95 bits per heavy atom. The molecule has 0 aliphatic carbocycles. The molecule has 0 bridgehead atoms. The van der Waals surface area contributed by atoms with Crippen molar-refractivity contribution < 1.29 is 24.2 Å². The molecule has 0 fully saturated rings. The van der Waals surface area contributed by atoms with Crippen LogP contribution in [-0.4, -0.2) is 22.2 Å².